The first-order chi connectivity index (χ1) is 15.5. The molecule has 2 aromatic heterocycles. The van der Waals surface area contributed by atoms with Crippen LogP contribution >= 0.6 is 11.8 Å². The number of hydrogen-bond donors (Lipinski definition) is 1. The maximum Gasteiger partial charge on any atom is 0.348 e. The Labute approximate surface area is 189 Å². The quantitative estimate of drug-likeness (QED) is 0.487. The van der Waals surface area contributed by atoms with Crippen LogP contribution in [0.2, 0.25) is 0 Å². The molecule has 32 heavy (non-hydrogen) atoms. The molecule has 1 fully saturated rings. The predicted octanol–water partition coefficient (Wildman–Crippen LogP) is 4.41. The van der Waals surface area contributed by atoms with E-state index in [0.29, 0.717) is 19.0 Å². The van der Waals surface area contributed by atoms with E-state index in [1.807, 2.05) is 31.2 Å². The van der Waals surface area contributed by atoms with Gasteiger partial charge >= 0.3 is 5.69 Å². The molecule has 0 saturated carbocycles. The van der Waals surface area contributed by atoms with E-state index in [1.54, 1.807) is 24.9 Å². The highest BCUT2D eigenvalue weighted by molar-refractivity contribution is 7.99. The topological polar surface area (TPSA) is 85.9 Å². The highest BCUT2D eigenvalue weighted by atomic mass is 32.2. The third-order valence-corrected chi connectivity index (χ3v) is 6.81. The lowest BCUT2D eigenvalue weighted by atomic mass is 9.74. The summed E-state index contributed by atoms with van der Waals surface area (Å²) in [4.78, 5) is 21.5. The number of H-pyrrole nitrogens is 1. The molecule has 1 aliphatic rings. The molecule has 1 N–H and O–H groups in total. The highest BCUT2D eigenvalue weighted by Gasteiger charge is 2.40. The van der Waals surface area contributed by atoms with E-state index in [4.69, 9.17) is 9.15 Å². The van der Waals surface area contributed by atoms with Crippen LogP contribution in [0.4, 0.5) is 0 Å². The summed E-state index contributed by atoms with van der Waals surface area (Å²) in [5.74, 6) is 2.18. The number of hydrogen-bond acceptors (Lipinski definition) is 6. The standard InChI is InChI=1S/C24H24N4O3S/c1-16-15-25-22(31-16)24(10-12-30-13-11-24)18-4-3-5-21(14-18)32-20-8-6-19(7-9-20)28-23(29)26-17(2)27-28/h3-9,14-15H,10-13H2,1-2H3,(H,26,27,29). The summed E-state index contributed by atoms with van der Waals surface area (Å²) < 4.78 is 13.0. The van der Waals surface area contributed by atoms with E-state index in [0.717, 1.165) is 40.0 Å². The van der Waals surface area contributed by atoms with Crippen molar-refractivity contribution in [2.24, 2.45) is 0 Å². The van der Waals surface area contributed by atoms with Crippen molar-refractivity contribution in [1.82, 2.24) is 19.7 Å². The second kappa shape index (κ2) is 8.44. The van der Waals surface area contributed by atoms with Crippen molar-refractivity contribution in [3.63, 3.8) is 0 Å². The minimum atomic E-state index is -0.272. The third-order valence-electron chi connectivity index (χ3n) is 5.81. The molecule has 0 radical (unpaired) electrons. The molecule has 0 bridgehead atoms. The molecule has 4 aromatic rings. The van der Waals surface area contributed by atoms with Crippen molar-refractivity contribution in [2.75, 3.05) is 13.2 Å². The number of ether oxygens (including phenoxy) is 1. The zero-order valence-corrected chi connectivity index (χ0v) is 18.8. The van der Waals surface area contributed by atoms with E-state index in [1.165, 1.54) is 10.2 Å². The number of nitrogens with one attached hydrogen (secondary N) is 1. The van der Waals surface area contributed by atoms with Gasteiger partial charge in [-0.25, -0.2) is 9.78 Å². The Bertz CT molecular complexity index is 1280. The van der Waals surface area contributed by atoms with Crippen molar-refractivity contribution < 1.29 is 9.15 Å². The number of rotatable bonds is 5. The lowest BCUT2D eigenvalue weighted by Crippen LogP contribution is -2.35. The van der Waals surface area contributed by atoms with Gasteiger partial charge in [0.25, 0.3) is 0 Å². The van der Waals surface area contributed by atoms with E-state index in [2.05, 4.69) is 39.3 Å². The van der Waals surface area contributed by atoms with Gasteiger partial charge in [-0.05, 0) is 68.7 Å². The lowest BCUT2D eigenvalue weighted by Gasteiger charge is -2.35. The van der Waals surface area contributed by atoms with Crippen LogP contribution in [-0.2, 0) is 10.2 Å². The first kappa shape index (κ1) is 20.8. The summed E-state index contributed by atoms with van der Waals surface area (Å²) in [6.07, 6.45) is 3.47. The van der Waals surface area contributed by atoms with Gasteiger partial charge in [-0.2, -0.15) is 9.78 Å². The molecule has 0 spiro atoms. The van der Waals surface area contributed by atoms with Crippen molar-refractivity contribution >= 4 is 11.8 Å². The van der Waals surface area contributed by atoms with Crippen molar-refractivity contribution in [3.8, 4) is 5.69 Å². The lowest BCUT2D eigenvalue weighted by molar-refractivity contribution is 0.0541. The third kappa shape index (κ3) is 3.91. The van der Waals surface area contributed by atoms with Gasteiger partial charge in [-0.3, -0.25) is 4.98 Å². The zero-order valence-electron chi connectivity index (χ0n) is 18.0. The van der Waals surface area contributed by atoms with Gasteiger partial charge in [-0.15, -0.1) is 0 Å². The van der Waals surface area contributed by atoms with Crippen molar-refractivity contribution in [2.45, 2.75) is 41.9 Å². The largest absolute Gasteiger partial charge is 0.445 e. The molecule has 2 aromatic carbocycles. The minimum Gasteiger partial charge on any atom is -0.445 e. The number of nitrogens with zero attached hydrogens (tertiary/aromatic N) is 3. The molecule has 1 aliphatic heterocycles. The van der Waals surface area contributed by atoms with Crippen molar-refractivity contribution in [1.29, 1.82) is 0 Å². The second-order valence-electron chi connectivity index (χ2n) is 8.02. The number of benzene rings is 2. The van der Waals surface area contributed by atoms with E-state index >= 15 is 0 Å². The SMILES string of the molecule is Cc1nn(-c2ccc(Sc3cccc(C4(c5ncc(C)o5)CCOCC4)c3)cc2)c(=O)[nH]1. The summed E-state index contributed by atoms with van der Waals surface area (Å²) in [5.41, 5.74) is 1.42. The normalized spacial score (nSPS) is 15.7. The van der Waals surface area contributed by atoms with Crippen LogP contribution < -0.4 is 5.69 Å². The predicted molar refractivity (Wildman–Crippen MR) is 122 cm³/mol. The van der Waals surface area contributed by atoms with E-state index < -0.39 is 0 Å². The fraction of sp³-hybridized carbons (Fsp3) is 0.292. The maximum atomic E-state index is 12.0. The van der Waals surface area contributed by atoms with Gasteiger partial charge in [-0.1, -0.05) is 23.9 Å². The summed E-state index contributed by atoms with van der Waals surface area (Å²) in [5, 5.41) is 4.21. The number of aromatic amines is 1. The summed E-state index contributed by atoms with van der Waals surface area (Å²) in [6.45, 7) is 5.07. The Morgan fingerprint density at radius 1 is 1.06 bits per heavy atom. The second-order valence-corrected chi connectivity index (χ2v) is 9.17. The van der Waals surface area contributed by atoms with Crippen LogP contribution in [0, 0.1) is 13.8 Å². The fourth-order valence-corrected chi connectivity index (χ4v) is 5.05. The molecule has 0 unspecified atom stereocenters. The summed E-state index contributed by atoms with van der Waals surface area (Å²) >= 11 is 1.68. The molecule has 0 aliphatic carbocycles. The summed E-state index contributed by atoms with van der Waals surface area (Å²) in [7, 11) is 0. The Morgan fingerprint density at radius 3 is 2.50 bits per heavy atom. The highest BCUT2D eigenvalue weighted by Crippen LogP contribution is 2.42. The average molecular weight is 449 g/mol. The van der Waals surface area contributed by atoms with E-state index in [9.17, 15) is 4.79 Å². The van der Waals surface area contributed by atoms with Crippen molar-refractivity contribution in [3.05, 3.63) is 88.3 Å². The molecule has 5 rings (SSSR count). The maximum absolute atomic E-state index is 12.0. The van der Waals surface area contributed by atoms with Gasteiger partial charge in [0, 0.05) is 23.0 Å². The fourth-order valence-electron chi connectivity index (χ4n) is 4.17. The molecule has 1 saturated heterocycles. The zero-order chi connectivity index (χ0) is 22.1. The van der Waals surface area contributed by atoms with Crippen LogP contribution in [0.25, 0.3) is 5.69 Å². The van der Waals surface area contributed by atoms with Crippen LogP contribution in [0.15, 0.2) is 73.7 Å². The van der Waals surface area contributed by atoms with Gasteiger partial charge in [0.05, 0.1) is 17.3 Å². The van der Waals surface area contributed by atoms with Crippen LogP contribution in [0.3, 0.4) is 0 Å². The molecule has 0 amide bonds. The van der Waals surface area contributed by atoms with Crippen LogP contribution in [0.1, 0.15) is 35.9 Å². The Balaban J connectivity index is 1.42. The first-order valence-electron chi connectivity index (χ1n) is 10.6. The van der Waals surface area contributed by atoms with Gasteiger partial charge in [0.15, 0.2) is 0 Å². The molecule has 7 nitrogen and oxygen atoms in total. The molecule has 0 atom stereocenters. The molecular formula is C24H24N4O3S. The van der Waals surface area contributed by atoms with E-state index in [-0.39, 0.29) is 11.1 Å². The summed E-state index contributed by atoms with van der Waals surface area (Å²) in [6, 6.07) is 16.4. The van der Waals surface area contributed by atoms with Gasteiger partial charge in [0.2, 0.25) is 5.89 Å². The van der Waals surface area contributed by atoms with Crippen LogP contribution in [0.5, 0.6) is 0 Å². The smallest absolute Gasteiger partial charge is 0.348 e. The number of aromatic nitrogens is 4. The molecular weight excluding hydrogens is 424 g/mol. The molecule has 8 heteroatoms. The molecule has 3 heterocycles. The first-order valence-corrected chi connectivity index (χ1v) is 11.4. The Morgan fingerprint density at radius 2 is 1.84 bits per heavy atom. The number of oxazole rings is 1. The average Bonchev–Trinajstić information content (AvgIpc) is 3.40. The van der Waals surface area contributed by atoms with Gasteiger partial charge in [0.1, 0.15) is 11.6 Å². The Kier molecular flexibility index (Phi) is 5.48. The molecule has 164 valence electrons. The van der Waals surface area contributed by atoms with Gasteiger partial charge < -0.3 is 9.15 Å². The number of aryl methyl sites for hydroxylation is 2. The monoisotopic (exact) mass is 448 g/mol. The Hall–Kier alpha value is -3.10. The minimum absolute atomic E-state index is 0.237. The van der Waals surface area contributed by atoms with Crippen LogP contribution in [-0.4, -0.2) is 33.0 Å².